The number of amides is 4. The van der Waals surface area contributed by atoms with Gasteiger partial charge in [-0.05, 0) is 54.2 Å². The van der Waals surface area contributed by atoms with Crippen molar-refractivity contribution < 1.29 is 24.3 Å². The van der Waals surface area contributed by atoms with E-state index in [0.29, 0.717) is 11.4 Å². The summed E-state index contributed by atoms with van der Waals surface area (Å²) in [5.41, 5.74) is 2.90. The highest BCUT2D eigenvalue weighted by atomic mass is 35.5. The van der Waals surface area contributed by atoms with E-state index < -0.39 is 30.5 Å². The molecular formula is C29H27Cl3N4O5. The fourth-order valence-electron chi connectivity index (χ4n) is 4.56. The van der Waals surface area contributed by atoms with E-state index in [2.05, 4.69) is 21.3 Å². The molecule has 12 heteroatoms. The van der Waals surface area contributed by atoms with Gasteiger partial charge in [0.1, 0.15) is 6.04 Å². The SMILES string of the molecule is O=C(CCc1ccccc1Cl)Nc1ccc(Cl)c(C(=O)NC(CNC(=O)NC2CCc3ccccc32)C(=O)O)c1Cl. The predicted molar refractivity (Wildman–Crippen MR) is 158 cm³/mol. The van der Waals surface area contributed by atoms with Gasteiger partial charge in [0.15, 0.2) is 0 Å². The third-order valence-corrected chi connectivity index (χ3v) is 7.76. The summed E-state index contributed by atoms with van der Waals surface area (Å²) in [6, 6.07) is 15.5. The fourth-order valence-corrected chi connectivity index (χ4v) is 5.38. The number of hydrogen-bond acceptors (Lipinski definition) is 4. The lowest BCUT2D eigenvalue weighted by atomic mass is 10.1. The minimum absolute atomic E-state index is 0.0451. The minimum atomic E-state index is -1.48. The van der Waals surface area contributed by atoms with E-state index in [0.717, 1.165) is 29.5 Å². The van der Waals surface area contributed by atoms with Gasteiger partial charge >= 0.3 is 12.0 Å². The van der Waals surface area contributed by atoms with Gasteiger partial charge in [0, 0.05) is 11.4 Å². The predicted octanol–water partition coefficient (Wildman–Crippen LogP) is 5.39. The number of carboxylic acids is 1. The van der Waals surface area contributed by atoms with E-state index in [9.17, 15) is 24.3 Å². The molecule has 4 rings (SSSR count). The Bertz CT molecular complexity index is 1480. The van der Waals surface area contributed by atoms with Crippen LogP contribution in [0.25, 0.3) is 0 Å². The van der Waals surface area contributed by atoms with E-state index in [1.165, 1.54) is 12.1 Å². The van der Waals surface area contributed by atoms with Crippen molar-refractivity contribution in [1.29, 1.82) is 0 Å². The summed E-state index contributed by atoms with van der Waals surface area (Å²) in [7, 11) is 0. The first kappa shape index (κ1) is 30.2. The summed E-state index contributed by atoms with van der Waals surface area (Å²) in [5, 5.41) is 20.3. The van der Waals surface area contributed by atoms with Crippen molar-refractivity contribution in [1.82, 2.24) is 16.0 Å². The lowest BCUT2D eigenvalue weighted by Crippen LogP contribution is -2.50. The molecule has 1 aliphatic rings. The van der Waals surface area contributed by atoms with Crippen LogP contribution >= 0.6 is 34.8 Å². The number of hydrogen-bond donors (Lipinski definition) is 5. The van der Waals surface area contributed by atoms with Gasteiger partial charge in [-0.25, -0.2) is 9.59 Å². The smallest absolute Gasteiger partial charge is 0.328 e. The lowest BCUT2D eigenvalue weighted by molar-refractivity contribution is -0.139. The van der Waals surface area contributed by atoms with Crippen molar-refractivity contribution in [2.75, 3.05) is 11.9 Å². The molecule has 3 aromatic rings. The van der Waals surface area contributed by atoms with E-state index >= 15 is 0 Å². The molecule has 214 valence electrons. The van der Waals surface area contributed by atoms with Crippen LogP contribution in [0, 0.1) is 0 Å². The maximum absolute atomic E-state index is 13.0. The van der Waals surface area contributed by atoms with Crippen LogP contribution in [0.1, 0.15) is 45.9 Å². The normalized spacial score (nSPS) is 14.5. The van der Waals surface area contributed by atoms with Gasteiger partial charge in [-0.1, -0.05) is 77.3 Å². The molecule has 41 heavy (non-hydrogen) atoms. The molecule has 0 fully saturated rings. The molecule has 2 unspecified atom stereocenters. The number of carbonyl (C=O) groups is 4. The highest BCUT2D eigenvalue weighted by Gasteiger charge is 2.27. The summed E-state index contributed by atoms with van der Waals surface area (Å²) < 4.78 is 0. The lowest BCUT2D eigenvalue weighted by Gasteiger charge is -2.19. The number of rotatable bonds is 10. The monoisotopic (exact) mass is 616 g/mol. The Balaban J connectivity index is 1.36. The van der Waals surface area contributed by atoms with Crippen LogP contribution in [0.4, 0.5) is 10.5 Å². The molecule has 9 nitrogen and oxygen atoms in total. The number of halogens is 3. The van der Waals surface area contributed by atoms with Crippen LogP contribution in [-0.4, -0.2) is 41.5 Å². The Kier molecular flexibility index (Phi) is 10.1. The maximum atomic E-state index is 13.0. The number of anilines is 1. The molecule has 0 radical (unpaired) electrons. The van der Waals surface area contributed by atoms with Gasteiger partial charge in [-0.15, -0.1) is 0 Å². The standard InChI is InChI=1S/C29H27Cl3N4O5/c30-19-8-4-2-6-17(19)10-14-24(37)34-22-13-11-20(31)25(26(22)32)27(38)35-23(28(39)40)15-33-29(41)36-21-12-9-16-5-1-3-7-18(16)21/h1-8,11,13,21,23H,9-10,12,14-15H2,(H,34,37)(H,35,38)(H,39,40)(H2,33,36,41). The Morgan fingerprint density at radius 1 is 0.927 bits per heavy atom. The zero-order valence-electron chi connectivity index (χ0n) is 21.7. The minimum Gasteiger partial charge on any atom is -0.480 e. The Labute approximate surface area is 251 Å². The Hall–Kier alpha value is -3.79. The average Bonchev–Trinajstić information content (AvgIpc) is 3.34. The summed E-state index contributed by atoms with van der Waals surface area (Å²) >= 11 is 18.8. The quantitative estimate of drug-likeness (QED) is 0.208. The second kappa shape index (κ2) is 13.7. The zero-order chi connectivity index (χ0) is 29.5. The molecule has 0 bridgehead atoms. The zero-order valence-corrected chi connectivity index (χ0v) is 23.9. The van der Waals surface area contributed by atoms with Crippen LogP contribution in [0.2, 0.25) is 15.1 Å². The number of fused-ring (bicyclic) bond motifs is 1. The molecule has 2 atom stereocenters. The first-order chi connectivity index (χ1) is 19.6. The highest BCUT2D eigenvalue weighted by molar-refractivity contribution is 6.41. The molecule has 3 aromatic carbocycles. The molecule has 4 amide bonds. The third-order valence-electron chi connectivity index (χ3n) is 6.68. The van der Waals surface area contributed by atoms with Gasteiger partial charge in [-0.3, -0.25) is 9.59 Å². The number of carboxylic acid groups (broad SMARTS) is 1. The molecule has 0 saturated heterocycles. The second-order valence-corrected chi connectivity index (χ2v) is 10.6. The summed E-state index contributed by atoms with van der Waals surface area (Å²) in [6.07, 6.45) is 2.05. The van der Waals surface area contributed by atoms with Gasteiger partial charge in [-0.2, -0.15) is 0 Å². The number of nitrogens with one attached hydrogen (secondary N) is 4. The molecule has 5 N–H and O–H groups in total. The maximum Gasteiger partial charge on any atom is 0.328 e. The van der Waals surface area contributed by atoms with Crippen LogP contribution < -0.4 is 21.3 Å². The molecular weight excluding hydrogens is 591 g/mol. The summed E-state index contributed by atoms with van der Waals surface area (Å²) in [5.74, 6) is -2.63. The Morgan fingerprint density at radius 3 is 2.41 bits per heavy atom. The molecule has 0 aromatic heterocycles. The van der Waals surface area contributed by atoms with Crippen molar-refractivity contribution in [2.24, 2.45) is 0 Å². The third kappa shape index (κ3) is 7.70. The van der Waals surface area contributed by atoms with Crippen LogP contribution in [0.15, 0.2) is 60.7 Å². The molecule has 0 heterocycles. The van der Waals surface area contributed by atoms with E-state index in [1.807, 2.05) is 36.4 Å². The summed E-state index contributed by atoms with van der Waals surface area (Å²) in [4.78, 5) is 50.0. The molecule has 1 aliphatic carbocycles. The van der Waals surface area contributed by atoms with Gasteiger partial charge in [0.25, 0.3) is 5.91 Å². The van der Waals surface area contributed by atoms with Crippen molar-refractivity contribution >= 4 is 64.3 Å². The second-order valence-electron chi connectivity index (χ2n) is 9.43. The Morgan fingerprint density at radius 2 is 1.66 bits per heavy atom. The van der Waals surface area contributed by atoms with Crippen LogP contribution in [0.5, 0.6) is 0 Å². The molecule has 0 spiro atoms. The number of benzene rings is 3. The highest BCUT2D eigenvalue weighted by Crippen LogP contribution is 2.32. The van der Waals surface area contributed by atoms with Crippen LogP contribution in [0.3, 0.4) is 0 Å². The topological polar surface area (TPSA) is 137 Å². The molecule has 0 saturated carbocycles. The first-order valence-electron chi connectivity index (χ1n) is 12.8. The number of carbonyl (C=O) groups excluding carboxylic acids is 3. The number of aryl methyl sites for hydroxylation is 2. The van der Waals surface area contributed by atoms with E-state index in [-0.39, 0.29) is 39.7 Å². The average molecular weight is 618 g/mol. The van der Waals surface area contributed by atoms with Crippen molar-refractivity contribution in [3.05, 3.63) is 98.0 Å². The van der Waals surface area contributed by atoms with Crippen molar-refractivity contribution in [3.8, 4) is 0 Å². The van der Waals surface area contributed by atoms with Gasteiger partial charge < -0.3 is 26.4 Å². The number of urea groups is 1. The largest absolute Gasteiger partial charge is 0.480 e. The van der Waals surface area contributed by atoms with E-state index in [1.54, 1.807) is 12.1 Å². The fraction of sp³-hybridized carbons (Fsp3) is 0.241. The van der Waals surface area contributed by atoms with Crippen molar-refractivity contribution in [2.45, 2.75) is 37.8 Å². The number of aliphatic carboxylic acids is 1. The van der Waals surface area contributed by atoms with Crippen LogP contribution in [-0.2, 0) is 22.4 Å². The van der Waals surface area contributed by atoms with Gasteiger partial charge in [0.2, 0.25) is 5.91 Å². The summed E-state index contributed by atoms with van der Waals surface area (Å²) in [6.45, 7) is -0.394. The first-order valence-corrected chi connectivity index (χ1v) is 13.9. The van der Waals surface area contributed by atoms with Gasteiger partial charge in [0.05, 0.1) is 33.9 Å². The van der Waals surface area contributed by atoms with E-state index in [4.69, 9.17) is 34.8 Å². The molecule has 0 aliphatic heterocycles. The van der Waals surface area contributed by atoms with Crippen molar-refractivity contribution in [3.63, 3.8) is 0 Å².